The predicted octanol–water partition coefficient (Wildman–Crippen LogP) is 2.87. The lowest BCUT2D eigenvalue weighted by molar-refractivity contribution is 0.100. The van der Waals surface area contributed by atoms with Gasteiger partial charge in [0.15, 0.2) is 11.6 Å². The van der Waals surface area contributed by atoms with Crippen molar-refractivity contribution in [3.63, 3.8) is 0 Å². The number of halogens is 1. The van der Waals surface area contributed by atoms with Gasteiger partial charge in [0.2, 0.25) is 0 Å². The molecule has 8 nitrogen and oxygen atoms in total. The van der Waals surface area contributed by atoms with Crippen molar-refractivity contribution in [1.82, 2.24) is 10.3 Å². The summed E-state index contributed by atoms with van der Waals surface area (Å²) in [4.78, 5) is 20.7. The molecule has 178 valence electrons. The summed E-state index contributed by atoms with van der Waals surface area (Å²) in [6.07, 6.45) is 4.23. The summed E-state index contributed by atoms with van der Waals surface area (Å²) in [6, 6.07) is 9.41. The number of nitrogens with one attached hydrogen (secondary N) is 2. The second kappa shape index (κ2) is 10.4. The Labute approximate surface area is 194 Å². The van der Waals surface area contributed by atoms with E-state index in [0.29, 0.717) is 13.2 Å². The number of carbonyl (C=O) groups is 1. The zero-order valence-electron chi connectivity index (χ0n) is 19.3. The minimum Gasteiger partial charge on any atom is -0.378 e. The van der Waals surface area contributed by atoms with Gasteiger partial charge in [-0.05, 0) is 50.2 Å². The molecule has 0 spiro atoms. The Morgan fingerprint density at radius 2 is 1.91 bits per heavy atom. The first kappa shape index (κ1) is 23.3. The van der Waals surface area contributed by atoms with E-state index < -0.39 is 11.7 Å². The van der Waals surface area contributed by atoms with Crippen LogP contribution in [0.25, 0.3) is 0 Å². The van der Waals surface area contributed by atoms with Crippen LogP contribution in [-0.2, 0) is 4.74 Å². The number of nitrogens with zero attached hydrogens (tertiary/aromatic N) is 3. The number of nitrogens with two attached hydrogens (primary N) is 1. The fourth-order valence-electron chi connectivity index (χ4n) is 4.79. The number of morpholine rings is 1. The number of pyridine rings is 1. The van der Waals surface area contributed by atoms with Gasteiger partial charge in [-0.25, -0.2) is 9.37 Å². The number of anilines is 4. The number of hydrogen-bond acceptors (Lipinski definition) is 7. The molecular weight excluding hydrogens is 423 g/mol. The largest absolute Gasteiger partial charge is 0.378 e. The van der Waals surface area contributed by atoms with E-state index >= 15 is 4.39 Å². The average Bonchev–Trinajstić information content (AvgIpc) is 2.85. The van der Waals surface area contributed by atoms with Crippen LogP contribution in [0.3, 0.4) is 0 Å². The van der Waals surface area contributed by atoms with Gasteiger partial charge in [-0.15, -0.1) is 0 Å². The maximum Gasteiger partial charge on any atom is 0.252 e. The number of primary amides is 1. The van der Waals surface area contributed by atoms with Crippen molar-refractivity contribution in [1.29, 1.82) is 0 Å². The molecule has 0 radical (unpaired) electrons. The van der Waals surface area contributed by atoms with Gasteiger partial charge in [-0.2, -0.15) is 0 Å². The molecule has 1 saturated heterocycles. The Kier molecular flexibility index (Phi) is 7.29. The first-order valence-electron chi connectivity index (χ1n) is 11.6. The molecule has 2 unspecified atom stereocenters. The minimum atomic E-state index is -0.728. The minimum absolute atomic E-state index is 0.0238. The molecule has 2 heterocycles. The third-order valence-corrected chi connectivity index (χ3v) is 6.66. The number of amides is 1. The standard InChI is InChI=1S/C24H33FN6O2/c1-27-20-5-3-4-6-21(20)30(2)24-19(25)15-18(22(26)32)23(29-24)28-16-7-9-17(10-8-16)31-11-13-33-14-12-31/h7-10,15,20-21,27H,3-6,11-14H2,1-2H3,(H2,26,32)(H,28,29). The zero-order valence-corrected chi connectivity index (χ0v) is 19.3. The number of aromatic nitrogens is 1. The Bertz CT molecular complexity index is 964. The molecule has 1 aromatic heterocycles. The van der Waals surface area contributed by atoms with Crippen molar-refractivity contribution < 1.29 is 13.9 Å². The van der Waals surface area contributed by atoms with Crippen LogP contribution in [0.5, 0.6) is 0 Å². The zero-order chi connectivity index (χ0) is 23.4. The van der Waals surface area contributed by atoms with E-state index in [1.54, 1.807) is 0 Å². The fraction of sp³-hybridized carbons (Fsp3) is 0.500. The Morgan fingerprint density at radius 1 is 1.21 bits per heavy atom. The number of benzene rings is 1. The van der Waals surface area contributed by atoms with Crippen LogP contribution in [-0.4, -0.2) is 63.4 Å². The summed E-state index contributed by atoms with van der Waals surface area (Å²) in [7, 11) is 3.79. The first-order chi connectivity index (χ1) is 16.0. The summed E-state index contributed by atoms with van der Waals surface area (Å²) in [6.45, 7) is 3.13. The first-order valence-corrected chi connectivity index (χ1v) is 11.6. The summed E-state index contributed by atoms with van der Waals surface area (Å²) in [5, 5.41) is 6.52. The molecule has 33 heavy (non-hydrogen) atoms. The summed E-state index contributed by atoms with van der Waals surface area (Å²) in [5.74, 6) is -0.824. The predicted molar refractivity (Wildman–Crippen MR) is 129 cm³/mol. The lowest BCUT2D eigenvalue weighted by Gasteiger charge is -2.38. The number of ether oxygens (including phenoxy) is 1. The highest BCUT2D eigenvalue weighted by atomic mass is 19.1. The number of rotatable bonds is 7. The van der Waals surface area contributed by atoms with E-state index in [1.165, 1.54) is 6.07 Å². The van der Waals surface area contributed by atoms with Crippen LogP contribution in [0.1, 0.15) is 36.0 Å². The van der Waals surface area contributed by atoms with Gasteiger partial charge in [-0.1, -0.05) is 12.8 Å². The lowest BCUT2D eigenvalue weighted by atomic mass is 9.89. The van der Waals surface area contributed by atoms with Crippen LogP contribution < -0.4 is 26.2 Å². The van der Waals surface area contributed by atoms with E-state index in [2.05, 4.69) is 20.5 Å². The third kappa shape index (κ3) is 5.20. The average molecular weight is 457 g/mol. The highest BCUT2D eigenvalue weighted by Gasteiger charge is 2.30. The number of hydrogen-bond donors (Lipinski definition) is 3. The molecule has 0 bridgehead atoms. The molecule has 1 aromatic carbocycles. The van der Waals surface area contributed by atoms with Gasteiger partial charge in [0.25, 0.3) is 5.91 Å². The highest BCUT2D eigenvalue weighted by Crippen LogP contribution is 2.31. The number of likely N-dealkylation sites (N-methyl/N-ethyl adjacent to an activating group) is 2. The van der Waals surface area contributed by atoms with Gasteiger partial charge < -0.3 is 30.9 Å². The van der Waals surface area contributed by atoms with Crippen LogP contribution in [0.4, 0.5) is 27.4 Å². The summed E-state index contributed by atoms with van der Waals surface area (Å²) in [5.41, 5.74) is 7.41. The second-order valence-electron chi connectivity index (χ2n) is 8.68. The smallest absolute Gasteiger partial charge is 0.252 e. The van der Waals surface area contributed by atoms with E-state index in [4.69, 9.17) is 10.5 Å². The van der Waals surface area contributed by atoms with Crippen molar-refractivity contribution in [2.45, 2.75) is 37.8 Å². The van der Waals surface area contributed by atoms with E-state index in [1.807, 2.05) is 43.3 Å². The quantitative estimate of drug-likeness (QED) is 0.590. The van der Waals surface area contributed by atoms with E-state index in [0.717, 1.165) is 50.1 Å². The topological polar surface area (TPSA) is 95.8 Å². The van der Waals surface area contributed by atoms with Crippen molar-refractivity contribution in [3.05, 3.63) is 41.7 Å². The monoisotopic (exact) mass is 456 g/mol. The van der Waals surface area contributed by atoms with E-state index in [9.17, 15) is 4.79 Å². The van der Waals surface area contributed by atoms with Crippen molar-refractivity contribution in [3.8, 4) is 0 Å². The van der Waals surface area contributed by atoms with Crippen molar-refractivity contribution in [2.24, 2.45) is 5.73 Å². The van der Waals surface area contributed by atoms with Gasteiger partial charge in [0.1, 0.15) is 5.82 Å². The van der Waals surface area contributed by atoms with Gasteiger partial charge in [0, 0.05) is 43.6 Å². The lowest BCUT2D eigenvalue weighted by Crippen LogP contribution is -2.50. The van der Waals surface area contributed by atoms with Gasteiger partial charge >= 0.3 is 0 Å². The molecule has 1 aliphatic carbocycles. The Hall–Kier alpha value is -2.91. The second-order valence-corrected chi connectivity index (χ2v) is 8.68. The van der Waals surface area contributed by atoms with Crippen LogP contribution >= 0.6 is 0 Å². The highest BCUT2D eigenvalue weighted by molar-refractivity contribution is 5.98. The molecule has 1 amide bonds. The maximum atomic E-state index is 15.0. The molecule has 9 heteroatoms. The van der Waals surface area contributed by atoms with Gasteiger partial charge in [-0.3, -0.25) is 4.79 Å². The third-order valence-electron chi connectivity index (χ3n) is 6.66. The summed E-state index contributed by atoms with van der Waals surface area (Å²) < 4.78 is 20.5. The Balaban J connectivity index is 1.59. The molecule has 1 saturated carbocycles. The van der Waals surface area contributed by atoms with Crippen molar-refractivity contribution >= 4 is 28.9 Å². The Morgan fingerprint density at radius 3 is 2.58 bits per heavy atom. The van der Waals surface area contributed by atoms with Crippen LogP contribution in [0.15, 0.2) is 30.3 Å². The molecule has 2 fully saturated rings. The molecule has 2 aliphatic rings. The van der Waals surface area contributed by atoms with E-state index in [-0.39, 0.29) is 29.3 Å². The molecule has 4 N–H and O–H groups in total. The number of carbonyl (C=O) groups excluding carboxylic acids is 1. The summed E-state index contributed by atoms with van der Waals surface area (Å²) >= 11 is 0. The van der Waals surface area contributed by atoms with Gasteiger partial charge in [0.05, 0.1) is 18.8 Å². The van der Waals surface area contributed by atoms with Crippen molar-refractivity contribution in [2.75, 3.05) is 55.5 Å². The SMILES string of the molecule is CNC1CCCCC1N(C)c1nc(Nc2ccc(N3CCOCC3)cc2)c(C(N)=O)cc1F. The molecule has 1 aliphatic heterocycles. The molecule has 2 aromatic rings. The molecule has 4 rings (SSSR count). The maximum absolute atomic E-state index is 15.0. The normalized spacial score (nSPS) is 21.0. The molecule has 2 atom stereocenters. The van der Waals surface area contributed by atoms with Crippen LogP contribution in [0.2, 0.25) is 0 Å². The van der Waals surface area contributed by atoms with Crippen LogP contribution in [0, 0.1) is 5.82 Å². The fourth-order valence-corrected chi connectivity index (χ4v) is 4.79. The molecular formula is C24H33FN6O2.